The molecule has 0 amide bonds. The van der Waals surface area contributed by atoms with E-state index in [1.54, 1.807) is 6.07 Å². The molecular weight excluding hydrogens is 255 g/mol. The molecular formula is C14H14F3NO. The third-order valence-electron chi connectivity index (χ3n) is 2.68. The molecule has 0 radical (unpaired) electrons. The molecule has 1 heterocycles. The van der Waals surface area contributed by atoms with Gasteiger partial charge in [-0.3, -0.25) is 0 Å². The first kappa shape index (κ1) is 13.7. The summed E-state index contributed by atoms with van der Waals surface area (Å²) in [4.78, 5) is 0. The summed E-state index contributed by atoms with van der Waals surface area (Å²) in [5.74, 6) is 1.58. The van der Waals surface area contributed by atoms with Crippen molar-refractivity contribution >= 4 is 0 Å². The third kappa shape index (κ3) is 3.86. The Morgan fingerprint density at radius 3 is 2.53 bits per heavy atom. The summed E-state index contributed by atoms with van der Waals surface area (Å²) in [5, 5.41) is 3.05. The summed E-state index contributed by atoms with van der Waals surface area (Å²) >= 11 is 0. The van der Waals surface area contributed by atoms with E-state index in [4.69, 9.17) is 4.42 Å². The average Bonchev–Trinajstić information content (AvgIpc) is 2.74. The van der Waals surface area contributed by atoms with Crippen LogP contribution in [0.4, 0.5) is 13.2 Å². The van der Waals surface area contributed by atoms with Gasteiger partial charge in [0.1, 0.15) is 11.5 Å². The molecule has 102 valence electrons. The Balaban J connectivity index is 1.93. The number of nitrogens with one attached hydrogen (secondary N) is 1. The number of hydrogen-bond acceptors (Lipinski definition) is 2. The molecule has 0 bridgehead atoms. The molecule has 0 saturated heterocycles. The molecule has 1 N–H and O–H groups in total. The van der Waals surface area contributed by atoms with E-state index < -0.39 is 11.7 Å². The van der Waals surface area contributed by atoms with Gasteiger partial charge in [-0.05, 0) is 30.7 Å². The van der Waals surface area contributed by atoms with Gasteiger partial charge in [0.15, 0.2) is 0 Å². The molecule has 0 spiro atoms. The van der Waals surface area contributed by atoms with Crippen LogP contribution in [0.3, 0.4) is 0 Å². The quantitative estimate of drug-likeness (QED) is 0.910. The number of furan rings is 1. The first-order valence-electron chi connectivity index (χ1n) is 5.87. The van der Waals surface area contributed by atoms with Crippen LogP contribution in [0.15, 0.2) is 40.8 Å². The van der Waals surface area contributed by atoms with Gasteiger partial charge in [0, 0.05) is 6.54 Å². The summed E-state index contributed by atoms with van der Waals surface area (Å²) in [6.07, 6.45) is -4.30. The molecule has 0 saturated carbocycles. The van der Waals surface area contributed by atoms with E-state index in [2.05, 4.69) is 5.32 Å². The van der Waals surface area contributed by atoms with E-state index in [-0.39, 0.29) is 0 Å². The number of hydrogen-bond donors (Lipinski definition) is 1. The van der Waals surface area contributed by atoms with Crippen molar-refractivity contribution in [1.82, 2.24) is 5.32 Å². The Kier molecular flexibility index (Phi) is 3.95. The van der Waals surface area contributed by atoms with Crippen molar-refractivity contribution in [2.75, 3.05) is 0 Å². The van der Waals surface area contributed by atoms with Gasteiger partial charge in [0.05, 0.1) is 12.1 Å². The predicted octanol–water partition coefficient (Wildman–Crippen LogP) is 3.90. The van der Waals surface area contributed by atoms with Crippen LogP contribution in [0.25, 0.3) is 0 Å². The minimum atomic E-state index is -4.30. The van der Waals surface area contributed by atoms with E-state index in [1.165, 1.54) is 6.07 Å². The zero-order valence-electron chi connectivity index (χ0n) is 10.4. The lowest BCUT2D eigenvalue weighted by Gasteiger charge is -2.09. The van der Waals surface area contributed by atoms with Crippen molar-refractivity contribution in [2.24, 2.45) is 0 Å². The maximum atomic E-state index is 12.5. The van der Waals surface area contributed by atoms with Crippen LogP contribution in [0.2, 0.25) is 0 Å². The third-order valence-corrected chi connectivity index (χ3v) is 2.68. The van der Waals surface area contributed by atoms with Crippen LogP contribution in [0, 0.1) is 6.92 Å². The van der Waals surface area contributed by atoms with Gasteiger partial charge in [-0.15, -0.1) is 0 Å². The lowest BCUT2D eigenvalue weighted by Crippen LogP contribution is -2.13. The van der Waals surface area contributed by atoms with E-state index in [0.29, 0.717) is 18.7 Å². The van der Waals surface area contributed by atoms with E-state index in [0.717, 1.165) is 23.7 Å². The second kappa shape index (κ2) is 5.48. The molecule has 19 heavy (non-hydrogen) atoms. The van der Waals surface area contributed by atoms with E-state index in [1.807, 2.05) is 19.1 Å². The molecule has 5 heteroatoms. The molecule has 1 aromatic carbocycles. The average molecular weight is 269 g/mol. The van der Waals surface area contributed by atoms with Crippen molar-refractivity contribution in [2.45, 2.75) is 26.2 Å². The fourth-order valence-electron chi connectivity index (χ4n) is 1.77. The number of aryl methyl sites for hydroxylation is 1. The number of halogens is 3. The summed E-state index contributed by atoms with van der Waals surface area (Å²) in [6, 6.07) is 8.99. The van der Waals surface area contributed by atoms with Crippen molar-refractivity contribution in [1.29, 1.82) is 0 Å². The lowest BCUT2D eigenvalue weighted by molar-refractivity contribution is -0.137. The summed E-state index contributed by atoms with van der Waals surface area (Å²) < 4.78 is 42.9. The van der Waals surface area contributed by atoms with Crippen LogP contribution in [0.5, 0.6) is 0 Å². The molecule has 2 aromatic rings. The van der Waals surface area contributed by atoms with Crippen molar-refractivity contribution < 1.29 is 17.6 Å². The van der Waals surface area contributed by atoms with Crippen LogP contribution < -0.4 is 5.32 Å². The predicted molar refractivity (Wildman–Crippen MR) is 65.4 cm³/mol. The molecule has 2 rings (SSSR count). The zero-order chi connectivity index (χ0) is 13.9. The Bertz CT molecular complexity index is 546. The van der Waals surface area contributed by atoms with E-state index in [9.17, 15) is 13.2 Å². The fourth-order valence-corrected chi connectivity index (χ4v) is 1.77. The molecule has 0 aliphatic rings. The minimum Gasteiger partial charge on any atom is -0.465 e. The van der Waals surface area contributed by atoms with Gasteiger partial charge in [0.2, 0.25) is 0 Å². The normalized spacial score (nSPS) is 11.8. The first-order chi connectivity index (χ1) is 8.95. The smallest absolute Gasteiger partial charge is 0.416 e. The summed E-state index contributed by atoms with van der Waals surface area (Å²) in [6.45, 7) is 2.70. The summed E-state index contributed by atoms with van der Waals surface area (Å²) in [7, 11) is 0. The van der Waals surface area contributed by atoms with Gasteiger partial charge in [0.25, 0.3) is 0 Å². The number of rotatable bonds is 4. The highest BCUT2D eigenvalue weighted by Crippen LogP contribution is 2.29. The van der Waals surface area contributed by atoms with E-state index >= 15 is 0 Å². The molecule has 0 aliphatic carbocycles. The van der Waals surface area contributed by atoms with Crippen LogP contribution in [-0.4, -0.2) is 0 Å². The number of benzene rings is 1. The molecule has 0 aliphatic heterocycles. The SMILES string of the molecule is Cc1ccc(CNCc2cccc(C(F)(F)F)c2)o1. The van der Waals surface area contributed by atoms with Crippen molar-refractivity contribution in [3.8, 4) is 0 Å². The topological polar surface area (TPSA) is 25.2 Å². The maximum Gasteiger partial charge on any atom is 0.416 e. The maximum absolute atomic E-state index is 12.5. The van der Waals surface area contributed by atoms with Gasteiger partial charge in [-0.1, -0.05) is 18.2 Å². The fraction of sp³-hybridized carbons (Fsp3) is 0.286. The standard InChI is InChI=1S/C14H14F3NO/c1-10-5-6-13(19-10)9-18-8-11-3-2-4-12(7-11)14(15,16)17/h2-7,18H,8-9H2,1H3. The first-order valence-corrected chi connectivity index (χ1v) is 5.87. The van der Waals surface area contributed by atoms with Crippen molar-refractivity contribution in [3.63, 3.8) is 0 Å². The Morgan fingerprint density at radius 1 is 1.11 bits per heavy atom. The van der Waals surface area contributed by atoms with Crippen LogP contribution in [-0.2, 0) is 19.3 Å². The monoisotopic (exact) mass is 269 g/mol. The Hall–Kier alpha value is -1.75. The van der Waals surface area contributed by atoms with Gasteiger partial charge < -0.3 is 9.73 Å². The second-order valence-corrected chi connectivity index (χ2v) is 4.31. The molecule has 0 fully saturated rings. The minimum absolute atomic E-state index is 0.365. The lowest BCUT2D eigenvalue weighted by atomic mass is 10.1. The van der Waals surface area contributed by atoms with Gasteiger partial charge in [-0.25, -0.2) is 0 Å². The molecule has 2 nitrogen and oxygen atoms in total. The Morgan fingerprint density at radius 2 is 1.89 bits per heavy atom. The molecule has 0 atom stereocenters. The largest absolute Gasteiger partial charge is 0.465 e. The zero-order valence-corrected chi connectivity index (χ0v) is 10.4. The molecule has 0 unspecified atom stereocenters. The van der Waals surface area contributed by atoms with Crippen molar-refractivity contribution in [3.05, 3.63) is 59.0 Å². The van der Waals surface area contributed by atoms with Crippen LogP contribution >= 0.6 is 0 Å². The highest BCUT2D eigenvalue weighted by atomic mass is 19.4. The second-order valence-electron chi connectivity index (χ2n) is 4.31. The highest BCUT2D eigenvalue weighted by molar-refractivity contribution is 5.25. The summed E-state index contributed by atoms with van der Waals surface area (Å²) in [5.41, 5.74) is -0.0289. The highest BCUT2D eigenvalue weighted by Gasteiger charge is 2.30. The Labute approximate surface area is 109 Å². The number of alkyl halides is 3. The van der Waals surface area contributed by atoms with Crippen LogP contribution in [0.1, 0.15) is 22.6 Å². The van der Waals surface area contributed by atoms with Gasteiger partial charge >= 0.3 is 6.18 Å². The molecule has 1 aromatic heterocycles. The van der Waals surface area contributed by atoms with Gasteiger partial charge in [-0.2, -0.15) is 13.2 Å².